The molecule has 0 aromatic carbocycles. The summed E-state index contributed by atoms with van der Waals surface area (Å²) in [7, 11) is 0. The number of hydrogen-bond donors (Lipinski definition) is 3. The van der Waals surface area contributed by atoms with Crippen LogP contribution in [-0.2, 0) is 17.4 Å². The number of halogens is 3. The summed E-state index contributed by atoms with van der Waals surface area (Å²) in [5, 5.41) is 9.91. The molecule has 0 radical (unpaired) electrons. The van der Waals surface area contributed by atoms with Crippen molar-refractivity contribution < 1.29 is 27.6 Å². The van der Waals surface area contributed by atoms with Crippen LogP contribution in [0, 0.1) is 0 Å². The van der Waals surface area contributed by atoms with E-state index in [1.807, 2.05) is 0 Å². The Balaban J connectivity index is 3.09. The minimum absolute atomic E-state index is 0.754. The fourth-order valence-electron chi connectivity index (χ4n) is 1.05. The van der Waals surface area contributed by atoms with Gasteiger partial charge in [-0.3, -0.25) is 9.59 Å². The van der Waals surface area contributed by atoms with Crippen molar-refractivity contribution in [1.82, 2.24) is 5.16 Å². The van der Waals surface area contributed by atoms with Gasteiger partial charge in [-0.25, -0.2) is 0 Å². The summed E-state index contributed by atoms with van der Waals surface area (Å²) < 4.78 is 40.7. The summed E-state index contributed by atoms with van der Waals surface area (Å²) in [5.74, 6) is -3.05. The second-order valence-corrected chi connectivity index (χ2v) is 2.99. The molecule has 0 fully saturated rings. The van der Waals surface area contributed by atoms with E-state index in [1.54, 1.807) is 0 Å². The Labute approximate surface area is 85.8 Å². The first-order valence-corrected chi connectivity index (χ1v) is 3.99. The molecule has 0 saturated carbocycles. The number of alkyl halides is 3. The number of aromatic nitrogens is 1. The Bertz CT molecular complexity index is 447. The van der Waals surface area contributed by atoms with Crippen molar-refractivity contribution in [2.75, 3.05) is 0 Å². The third-order valence-electron chi connectivity index (χ3n) is 1.79. The molecule has 1 aromatic heterocycles. The van der Waals surface area contributed by atoms with Crippen LogP contribution < -0.4 is 11.3 Å². The highest BCUT2D eigenvalue weighted by Crippen LogP contribution is 2.30. The van der Waals surface area contributed by atoms with Gasteiger partial charge >= 0.3 is 12.1 Å². The zero-order chi connectivity index (χ0) is 12.5. The second kappa shape index (κ2) is 4.00. The van der Waals surface area contributed by atoms with Gasteiger partial charge in [0.1, 0.15) is 6.04 Å². The molecule has 0 spiro atoms. The summed E-state index contributed by atoms with van der Waals surface area (Å²) in [4.78, 5) is 21.3. The third-order valence-corrected chi connectivity index (χ3v) is 1.79. The van der Waals surface area contributed by atoms with Crippen LogP contribution in [0.3, 0.4) is 0 Å². The average molecular weight is 240 g/mol. The molecule has 1 rings (SSSR count). The Hall–Kier alpha value is -1.77. The van der Waals surface area contributed by atoms with E-state index in [0.717, 1.165) is 0 Å². The zero-order valence-electron chi connectivity index (χ0n) is 7.67. The van der Waals surface area contributed by atoms with Gasteiger partial charge in [0.25, 0.3) is 5.56 Å². The largest absolute Gasteiger partial charge is 0.480 e. The lowest BCUT2D eigenvalue weighted by molar-refractivity contribution is -0.156. The minimum Gasteiger partial charge on any atom is -0.480 e. The molecule has 0 saturated heterocycles. The van der Waals surface area contributed by atoms with Crippen LogP contribution in [0.25, 0.3) is 0 Å². The molecule has 0 aliphatic rings. The van der Waals surface area contributed by atoms with E-state index in [0.29, 0.717) is 0 Å². The molecule has 0 amide bonds. The molecule has 0 aliphatic carbocycles. The van der Waals surface area contributed by atoms with Crippen molar-refractivity contribution in [1.29, 1.82) is 0 Å². The van der Waals surface area contributed by atoms with Crippen LogP contribution in [0.2, 0.25) is 0 Å². The monoisotopic (exact) mass is 240 g/mol. The number of aliphatic carboxylic acids is 1. The second-order valence-electron chi connectivity index (χ2n) is 2.99. The predicted molar refractivity (Wildman–Crippen MR) is 43.6 cm³/mol. The van der Waals surface area contributed by atoms with Gasteiger partial charge in [-0.05, 0) is 0 Å². The molecule has 0 unspecified atom stereocenters. The highest BCUT2D eigenvalue weighted by atomic mass is 19.4. The van der Waals surface area contributed by atoms with Crippen molar-refractivity contribution in [3.05, 3.63) is 21.7 Å². The van der Waals surface area contributed by atoms with E-state index < -0.39 is 41.5 Å². The van der Waals surface area contributed by atoms with Gasteiger partial charge in [0.05, 0.1) is 5.56 Å². The molecule has 16 heavy (non-hydrogen) atoms. The van der Waals surface area contributed by atoms with Crippen molar-refractivity contribution >= 4 is 5.97 Å². The number of nitrogens with one attached hydrogen (secondary N) is 1. The highest BCUT2D eigenvalue weighted by molar-refractivity contribution is 5.73. The Kier molecular flexibility index (Phi) is 3.08. The van der Waals surface area contributed by atoms with Gasteiger partial charge < -0.3 is 15.4 Å². The van der Waals surface area contributed by atoms with Crippen molar-refractivity contribution in [2.45, 2.75) is 18.6 Å². The number of carboxylic acids is 1. The molecule has 0 aliphatic heterocycles. The van der Waals surface area contributed by atoms with Crippen LogP contribution in [-0.4, -0.2) is 22.3 Å². The van der Waals surface area contributed by atoms with Crippen molar-refractivity contribution in [3.8, 4) is 0 Å². The van der Waals surface area contributed by atoms with Crippen molar-refractivity contribution in [2.24, 2.45) is 5.73 Å². The molecule has 4 N–H and O–H groups in total. The number of hydrogen-bond acceptors (Lipinski definition) is 4. The van der Waals surface area contributed by atoms with E-state index in [1.165, 1.54) is 5.16 Å². The molecule has 0 bridgehead atoms. The fraction of sp³-hybridized carbons (Fsp3) is 0.429. The molecule has 1 heterocycles. The number of carbonyl (C=O) groups is 1. The van der Waals surface area contributed by atoms with E-state index >= 15 is 0 Å². The Morgan fingerprint density at radius 1 is 1.56 bits per heavy atom. The maximum atomic E-state index is 12.3. The van der Waals surface area contributed by atoms with Gasteiger partial charge in [-0.15, -0.1) is 0 Å². The first kappa shape index (κ1) is 12.3. The third kappa shape index (κ3) is 2.42. The molecule has 6 nitrogen and oxygen atoms in total. The first-order chi connectivity index (χ1) is 7.23. The molecular formula is C7H7F3N2O4. The molecule has 1 atom stereocenters. The van der Waals surface area contributed by atoms with Crippen LogP contribution in [0.5, 0.6) is 0 Å². The van der Waals surface area contributed by atoms with Gasteiger partial charge in [-0.1, -0.05) is 0 Å². The summed E-state index contributed by atoms with van der Waals surface area (Å²) >= 11 is 0. The van der Waals surface area contributed by atoms with Crippen LogP contribution in [0.4, 0.5) is 13.2 Å². The minimum atomic E-state index is -4.87. The normalized spacial score (nSPS) is 13.8. The summed E-state index contributed by atoms with van der Waals surface area (Å²) in [6, 6.07) is -1.60. The molecular weight excluding hydrogens is 233 g/mol. The number of H-pyrrole nitrogens is 1. The zero-order valence-corrected chi connectivity index (χ0v) is 7.67. The van der Waals surface area contributed by atoms with Crippen LogP contribution in [0.15, 0.2) is 9.32 Å². The number of carboxylic acid groups (broad SMARTS) is 1. The quantitative estimate of drug-likeness (QED) is 0.685. The van der Waals surface area contributed by atoms with E-state index in [2.05, 4.69) is 4.52 Å². The molecule has 1 aromatic rings. The standard InChI is InChI=1S/C7H7F3N2O4/c8-7(9,10)4-2(5(13)12-16-4)1-3(11)6(14)15/h3H,1,11H2,(H,12,13)(H,14,15)/t3-/m0/s1. The van der Waals surface area contributed by atoms with Crippen LogP contribution >= 0.6 is 0 Å². The van der Waals surface area contributed by atoms with E-state index in [-0.39, 0.29) is 0 Å². The van der Waals surface area contributed by atoms with Crippen molar-refractivity contribution in [3.63, 3.8) is 0 Å². The average Bonchev–Trinajstić information content (AvgIpc) is 2.47. The van der Waals surface area contributed by atoms with E-state index in [4.69, 9.17) is 10.8 Å². The first-order valence-electron chi connectivity index (χ1n) is 3.99. The maximum Gasteiger partial charge on any atom is 0.452 e. The topological polar surface area (TPSA) is 109 Å². The summed E-state index contributed by atoms with van der Waals surface area (Å²) in [6.45, 7) is 0. The Morgan fingerprint density at radius 2 is 2.12 bits per heavy atom. The van der Waals surface area contributed by atoms with Gasteiger partial charge in [0.2, 0.25) is 5.76 Å². The highest BCUT2D eigenvalue weighted by Gasteiger charge is 2.40. The summed E-state index contributed by atoms with van der Waals surface area (Å²) in [5.41, 5.74) is 3.08. The smallest absolute Gasteiger partial charge is 0.452 e. The molecule has 9 heteroatoms. The summed E-state index contributed by atoms with van der Waals surface area (Å²) in [6.07, 6.45) is -5.62. The van der Waals surface area contributed by atoms with Gasteiger partial charge in [-0.2, -0.15) is 18.3 Å². The predicted octanol–water partition coefficient (Wildman–Crippen LogP) is -0.0589. The number of nitrogens with two attached hydrogens (primary N) is 1. The SMILES string of the molecule is N[C@@H](Cc1c(C(F)(F)F)o[nH]c1=O)C(=O)O. The number of rotatable bonds is 3. The van der Waals surface area contributed by atoms with Gasteiger partial charge in [0, 0.05) is 6.42 Å². The van der Waals surface area contributed by atoms with E-state index in [9.17, 15) is 22.8 Å². The number of aromatic amines is 1. The maximum absolute atomic E-state index is 12.3. The lowest BCUT2D eigenvalue weighted by Gasteiger charge is -2.06. The Morgan fingerprint density at radius 3 is 2.56 bits per heavy atom. The lowest BCUT2D eigenvalue weighted by atomic mass is 10.1. The fourth-order valence-corrected chi connectivity index (χ4v) is 1.05. The van der Waals surface area contributed by atoms with Crippen LogP contribution in [0.1, 0.15) is 11.3 Å². The van der Waals surface area contributed by atoms with Gasteiger partial charge in [0.15, 0.2) is 0 Å². The molecule has 90 valence electrons. The lowest BCUT2D eigenvalue weighted by Crippen LogP contribution is -2.34.